The smallest absolute Gasteiger partial charge is 0.256 e. The number of aromatic hydroxyl groups is 1. The number of amides is 1. The number of anilines is 1. The first kappa shape index (κ1) is 17.9. The van der Waals surface area contributed by atoms with Gasteiger partial charge in [0.1, 0.15) is 5.75 Å². The van der Waals surface area contributed by atoms with Crippen molar-refractivity contribution in [3.05, 3.63) is 62.7 Å². The molecule has 25 heavy (non-hydrogen) atoms. The van der Waals surface area contributed by atoms with Gasteiger partial charge in [-0.05, 0) is 73.8 Å². The Morgan fingerprint density at radius 3 is 2.56 bits per heavy atom. The monoisotopic (exact) mass is 480 g/mol. The molecule has 0 unspecified atom stereocenters. The van der Waals surface area contributed by atoms with Gasteiger partial charge in [-0.2, -0.15) is 0 Å². The molecular weight excluding hydrogens is 471 g/mol. The summed E-state index contributed by atoms with van der Waals surface area (Å²) < 4.78 is 1.11. The molecule has 4 rings (SSSR count). The number of rotatable bonds is 1. The molecule has 0 saturated heterocycles. The fraction of sp³-hybridized carbons (Fsp3) is 0. The van der Waals surface area contributed by atoms with E-state index in [2.05, 4.69) is 42.2 Å². The molecule has 2 heterocycles. The molecule has 1 aliphatic rings. The van der Waals surface area contributed by atoms with Crippen LogP contribution in [0.2, 0.25) is 0 Å². The van der Waals surface area contributed by atoms with Gasteiger partial charge in [0.2, 0.25) is 0 Å². The van der Waals surface area contributed by atoms with Crippen LogP contribution < -0.4 is 5.32 Å². The van der Waals surface area contributed by atoms with Crippen LogP contribution in [0, 0.1) is 0 Å². The summed E-state index contributed by atoms with van der Waals surface area (Å²) in [5, 5.41) is 13.7. The zero-order chi connectivity index (χ0) is 16.8. The van der Waals surface area contributed by atoms with Crippen LogP contribution in [-0.2, 0) is 4.79 Å². The van der Waals surface area contributed by atoms with E-state index in [1.165, 1.54) is 0 Å². The minimum Gasteiger partial charge on any atom is -0.506 e. The number of nitrogens with zero attached hydrogens (tertiary/aromatic N) is 1. The third-order valence-electron chi connectivity index (χ3n) is 3.90. The fourth-order valence-electron chi connectivity index (χ4n) is 2.82. The van der Waals surface area contributed by atoms with Crippen LogP contribution in [0.1, 0.15) is 11.1 Å². The lowest BCUT2D eigenvalue weighted by atomic mass is 9.99. The van der Waals surface area contributed by atoms with Crippen LogP contribution in [-0.4, -0.2) is 16.0 Å². The van der Waals surface area contributed by atoms with E-state index in [0.29, 0.717) is 14.5 Å². The average Bonchev–Trinajstić information content (AvgIpc) is 2.89. The highest BCUT2D eigenvalue weighted by Crippen LogP contribution is 2.39. The van der Waals surface area contributed by atoms with Gasteiger partial charge in [-0.15, -0.1) is 12.4 Å². The van der Waals surface area contributed by atoms with E-state index in [-0.39, 0.29) is 24.1 Å². The molecule has 1 aliphatic heterocycles. The molecule has 0 saturated carbocycles. The largest absolute Gasteiger partial charge is 0.506 e. The predicted octanol–water partition coefficient (Wildman–Crippen LogP) is 5.38. The first-order valence-corrected chi connectivity index (χ1v) is 8.72. The molecule has 4 nitrogen and oxygen atoms in total. The molecular formula is C18H11Br2ClN2O2. The molecule has 2 N–H and O–H groups in total. The molecule has 0 bridgehead atoms. The van der Waals surface area contributed by atoms with Crippen LogP contribution in [0.4, 0.5) is 5.69 Å². The second kappa shape index (κ2) is 6.78. The van der Waals surface area contributed by atoms with Crippen molar-refractivity contribution in [1.29, 1.82) is 0 Å². The lowest BCUT2D eigenvalue weighted by Crippen LogP contribution is -2.03. The summed E-state index contributed by atoms with van der Waals surface area (Å²) in [6.45, 7) is 0. The van der Waals surface area contributed by atoms with Gasteiger partial charge in [0.15, 0.2) is 0 Å². The van der Waals surface area contributed by atoms with E-state index in [9.17, 15) is 9.90 Å². The summed E-state index contributed by atoms with van der Waals surface area (Å²) in [6, 6.07) is 11.1. The van der Waals surface area contributed by atoms with Crippen molar-refractivity contribution in [2.45, 2.75) is 0 Å². The summed E-state index contributed by atoms with van der Waals surface area (Å²) in [5.41, 5.74) is 3.85. The van der Waals surface area contributed by atoms with Gasteiger partial charge >= 0.3 is 0 Å². The Labute approximate surface area is 166 Å². The van der Waals surface area contributed by atoms with E-state index in [0.717, 1.165) is 27.7 Å². The second-order valence-electron chi connectivity index (χ2n) is 5.40. The highest BCUT2D eigenvalue weighted by atomic mass is 79.9. The maximum absolute atomic E-state index is 12.4. The maximum atomic E-state index is 12.4. The van der Waals surface area contributed by atoms with Gasteiger partial charge in [0, 0.05) is 22.8 Å². The summed E-state index contributed by atoms with van der Waals surface area (Å²) in [7, 11) is 0. The molecule has 126 valence electrons. The summed E-state index contributed by atoms with van der Waals surface area (Å²) in [6.07, 6.45) is 3.54. The normalized spacial score (nSPS) is 14.3. The van der Waals surface area contributed by atoms with E-state index >= 15 is 0 Å². The van der Waals surface area contributed by atoms with Gasteiger partial charge < -0.3 is 10.4 Å². The Morgan fingerprint density at radius 2 is 1.84 bits per heavy atom. The lowest BCUT2D eigenvalue weighted by Gasteiger charge is -2.06. The topological polar surface area (TPSA) is 62.2 Å². The highest BCUT2D eigenvalue weighted by Gasteiger charge is 2.26. The van der Waals surface area contributed by atoms with E-state index in [1.54, 1.807) is 18.3 Å². The number of carbonyl (C=O) groups excluding carboxylic acids is 1. The number of nitrogens with one attached hydrogen (secondary N) is 1. The molecule has 3 aromatic rings. The molecule has 0 spiro atoms. The standard InChI is InChI=1S/C18H10Br2N2O2.ClH/c19-12-7-9(8-13(20)17(12)23)6-11-16-10-2-1-5-21-14(10)3-4-15(16)22-18(11)24;/h1-8,23H,(H,22,24);1H/b11-6+;. The lowest BCUT2D eigenvalue weighted by molar-refractivity contribution is -0.110. The molecule has 7 heteroatoms. The minimum absolute atomic E-state index is 0. The average molecular weight is 483 g/mol. The van der Waals surface area contributed by atoms with Crippen LogP contribution >= 0.6 is 44.3 Å². The summed E-state index contributed by atoms with van der Waals surface area (Å²) >= 11 is 6.63. The number of pyridine rings is 1. The number of phenolic OH excluding ortho intramolecular Hbond substituents is 1. The van der Waals surface area contributed by atoms with Gasteiger partial charge in [-0.25, -0.2) is 0 Å². The van der Waals surface area contributed by atoms with Crippen molar-refractivity contribution in [3.8, 4) is 5.75 Å². The van der Waals surface area contributed by atoms with Crippen molar-refractivity contribution < 1.29 is 9.90 Å². The zero-order valence-electron chi connectivity index (χ0n) is 12.6. The third-order valence-corrected chi connectivity index (χ3v) is 5.11. The Balaban J connectivity index is 0.00000182. The molecule has 2 aromatic carbocycles. The summed E-state index contributed by atoms with van der Waals surface area (Å²) in [5.74, 6) is -0.0234. The first-order chi connectivity index (χ1) is 11.5. The van der Waals surface area contributed by atoms with Gasteiger partial charge in [-0.1, -0.05) is 6.07 Å². The second-order valence-corrected chi connectivity index (χ2v) is 7.11. The van der Waals surface area contributed by atoms with Crippen molar-refractivity contribution in [2.24, 2.45) is 0 Å². The van der Waals surface area contributed by atoms with Gasteiger partial charge in [0.05, 0.1) is 20.0 Å². The number of benzene rings is 2. The van der Waals surface area contributed by atoms with E-state index in [4.69, 9.17) is 0 Å². The molecule has 1 amide bonds. The van der Waals surface area contributed by atoms with Gasteiger partial charge in [0.25, 0.3) is 5.91 Å². The molecule has 0 atom stereocenters. The number of aromatic nitrogens is 1. The first-order valence-electron chi connectivity index (χ1n) is 7.14. The Bertz CT molecular complexity index is 1030. The predicted molar refractivity (Wildman–Crippen MR) is 109 cm³/mol. The zero-order valence-corrected chi connectivity index (χ0v) is 16.6. The summed E-state index contributed by atoms with van der Waals surface area (Å²) in [4.78, 5) is 16.8. The molecule has 1 aromatic heterocycles. The fourth-order valence-corrected chi connectivity index (χ4v) is 4.04. The van der Waals surface area contributed by atoms with Crippen LogP contribution in [0.5, 0.6) is 5.75 Å². The van der Waals surface area contributed by atoms with Crippen LogP contribution in [0.3, 0.4) is 0 Å². The molecule has 0 fully saturated rings. The number of hydrogen-bond acceptors (Lipinski definition) is 3. The minimum atomic E-state index is -0.151. The highest BCUT2D eigenvalue weighted by molar-refractivity contribution is 9.11. The Kier molecular flexibility index (Phi) is 4.86. The van der Waals surface area contributed by atoms with Crippen molar-refractivity contribution in [3.63, 3.8) is 0 Å². The quantitative estimate of drug-likeness (QED) is 0.458. The Morgan fingerprint density at radius 1 is 1.12 bits per heavy atom. The van der Waals surface area contributed by atoms with E-state index in [1.807, 2.05) is 30.3 Å². The molecule has 0 radical (unpaired) electrons. The SMILES string of the molecule is Cl.O=C1Nc2ccc3ncccc3c2/C1=C\c1cc(Br)c(O)c(Br)c1. The Hall–Kier alpha value is -1.89. The van der Waals surface area contributed by atoms with Crippen LogP contribution in [0.15, 0.2) is 51.5 Å². The number of fused-ring (bicyclic) bond motifs is 3. The number of hydrogen-bond donors (Lipinski definition) is 2. The number of carbonyl (C=O) groups is 1. The van der Waals surface area contributed by atoms with Crippen molar-refractivity contribution in [2.75, 3.05) is 5.32 Å². The van der Waals surface area contributed by atoms with Crippen LogP contribution in [0.25, 0.3) is 22.6 Å². The number of halogens is 3. The maximum Gasteiger partial charge on any atom is 0.256 e. The van der Waals surface area contributed by atoms with E-state index < -0.39 is 0 Å². The van der Waals surface area contributed by atoms with Crippen molar-refractivity contribution in [1.82, 2.24) is 4.98 Å². The molecule has 0 aliphatic carbocycles. The third kappa shape index (κ3) is 3.05. The van der Waals surface area contributed by atoms with Crippen molar-refractivity contribution >= 4 is 78.4 Å². The number of phenols is 1. The van der Waals surface area contributed by atoms with Gasteiger partial charge in [-0.3, -0.25) is 9.78 Å².